The number of nitro groups is 1. The van der Waals surface area contributed by atoms with Crippen LogP contribution in [0.15, 0.2) is 42.6 Å². The molecule has 110 valence electrons. The summed E-state index contributed by atoms with van der Waals surface area (Å²) in [5, 5.41) is 23.4. The van der Waals surface area contributed by atoms with Gasteiger partial charge in [0.2, 0.25) is 0 Å². The third kappa shape index (κ3) is 3.07. The highest BCUT2D eigenvalue weighted by molar-refractivity contribution is 7.72. The Morgan fingerprint density at radius 3 is 2.57 bits per heavy atom. The van der Waals surface area contributed by atoms with Crippen molar-refractivity contribution in [3.05, 3.63) is 69.1 Å². The summed E-state index contributed by atoms with van der Waals surface area (Å²) in [6.45, 7) is 1.42. The zero-order valence-electron chi connectivity index (χ0n) is 11.1. The van der Waals surface area contributed by atoms with Crippen LogP contribution in [0.2, 0.25) is 0 Å². The van der Waals surface area contributed by atoms with Crippen molar-refractivity contribution in [1.29, 1.82) is 0 Å². The van der Waals surface area contributed by atoms with Crippen LogP contribution in [0, 0.1) is 22.2 Å². The van der Waals surface area contributed by atoms with Crippen LogP contribution in [0.5, 0.6) is 0 Å². The predicted molar refractivity (Wildman–Crippen MR) is 77.4 cm³/mol. The number of nitro benzene ring substituents is 1. The molecule has 0 aliphatic carbocycles. The smallest absolute Gasteiger partial charge is 0.277 e. The van der Waals surface area contributed by atoms with Gasteiger partial charge < -0.3 is 5.21 Å². The minimum absolute atomic E-state index is 0.0399. The molecule has 1 aromatic rings. The second kappa shape index (κ2) is 5.60. The average Bonchev–Trinajstić information content (AvgIpc) is 2.37. The number of benzene rings is 1. The van der Waals surface area contributed by atoms with E-state index in [1.54, 1.807) is 6.92 Å². The Hall–Kier alpha value is -2.29. The van der Waals surface area contributed by atoms with Crippen LogP contribution >= 0.6 is 0 Å². The molecule has 0 radical (unpaired) electrons. The lowest BCUT2D eigenvalue weighted by molar-refractivity contribution is -0.744. The maximum atomic E-state index is 12.6. The minimum atomic E-state index is -2.63. The summed E-state index contributed by atoms with van der Waals surface area (Å²) >= 11 is 0. The highest BCUT2D eigenvalue weighted by Crippen LogP contribution is 2.23. The lowest BCUT2D eigenvalue weighted by Crippen LogP contribution is -2.42. The standard InChI is InChI=1S/C13H12N2O5S/c1-10-8-11(5-6-12(10)14(16)17)9-15(18)7-3-2-4-13(15)21(19)20/h2-8H,9H2,1H3. The van der Waals surface area contributed by atoms with Gasteiger partial charge in [-0.05, 0) is 31.2 Å². The molecule has 0 N–H and O–H groups in total. The van der Waals surface area contributed by atoms with E-state index in [0.29, 0.717) is 11.1 Å². The van der Waals surface area contributed by atoms with Crippen LogP contribution in [0.25, 0.3) is 0 Å². The van der Waals surface area contributed by atoms with Gasteiger partial charge in [-0.15, -0.1) is 0 Å². The van der Waals surface area contributed by atoms with E-state index >= 15 is 0 Å². The summed E-state index contributed by atoms with van der Waals surface area (Å²) in [6.07, 6.45) is 5.42. The maximum absolute atomic E-state index is 12.6. The summed E-state index contributed by atoms with van der Waals surface area (Å²) in [4.78, 5) is 9.96. The molecule has 1 aliphatic rings. The molecule has 1 aliphatic heterocycles. The molecule has 7 nitrogen and oxygen atoms in total. The van der Waals surface area contributed by atoms with Crippen molar-refractivity contribution < 1.29 is 18.0 Å². The van der Waals surface area contributed by atoms with Gasteiger partial charge in [0.05, 0.1) is 4.92 Å². The summed E-state index contributed by atoms with van der Waals surface area (Å²) in [5.41, 5.74) is 0.906. The summed E-state index contributed by atoms with van der Waals surface area (Å²) in [7, 11) is -2.63. The number of nitrogens with zero attached hydrogens (tertiary/aromatic N) is 2. The Morgan fingerprint density at radius 1 is 1.29 bits per heavy atom. The molecule has 0 saturated heterocycles. The van der Waals surface area contributed by atoms with E-state index in [9.17, 15) is 23.7 Å². The SMILES string of the molecule is Cc1cc(C[N+]2([O-])C=CC=CC2=S(=O)=O)ccc1[N+](=O)[O-]. The van der Waals surface area contributed by atoms with Crippen LogP contribution in [0.1, 0.15) is 11.1 Å². The topological polar surface area (TPSA) is 100 Å². The number of hydrogen-bond donors (Lipinski definition) is 0. The zero-order valence-corrected chi connectivity index (χ0v) is 11.9. The van der Waals surface area contributed by atoms with Gasteiger partial charge in [-0.1, -0.05) is 0 Å². The van der Waals surface area contributed by atoms with Gasteiger partial charge in [0.15, 0.2) is 0 Å². The molecule has 0 amide bonds. The van der Waals surface area contributed by atoms with Crippen molar-refractivity contribution >= 4 is 21.0 Å². The highest BCUT2D eigenvalue weighted by atomic mass is 32.2. The van der Waals surface area contributed by atoms with Crippen LogP contribution in [-0.2, 0) is 16.8 Å². The van der Waals surface area contributed by atoms with Crippen LogP contribution < -0.4 is 0 Å². The normalized spacial score (nSPS) is 20.6. The molecule has 1 atom stereocenters. The fourth-order valence-corrected chi connectivity index (χ4v) is 2.70. The van der Waals surface area contributed by atoms with Crippen molar-refractivity contribution in [2.24, 2.45) is 0 Å². The first kappa shape index (κ1) is 15.1. The monoisotopic (exact) mass is 308 g/mol. The summed E-state index contributed by atoms with van der Waals surface area (Å²) < 4.78 is 21.1. The molecule has 0 bridgehead atoms. The molecule has 1 unspecified atom stereocenters. The van der Waals surface area contributed by atoms with Gasteiger partial charge >= 0.3 is 0 Å². The molecule has 1 heterocycles. The van der Waals surface area contributed by atoms with Crippen molar-refractivity contribution in [1.82, 2.24) is 0 Å². The fourth-order valence-electron chi connectivity index (χ4n) is 2.13. The van der Waals surface area contributed by atoms with E-state index in [1.807, 2.05) is 0 Å². The lowest BCUT2D eigenvalue weighted by atomic mass is 10.1. The molecular weight excluding hydrogens is 296 g/mol. The fraction of sp³-hybridized carbons (Fsp3) is 0.154. The van der Waals surface area contributed by atoms with E-state index in [1.165, 1.54) is 42.6 Å². The largest absolute Gasteiger partial charge is 0.621 e. The van der Waals surface area contributed by atoms with Gasteiger partial charge in [-0.25, -0.2) is 0 Å². The van der Waals surface area contributed by atoms with E-state index in [0.717, 1.165) is 0 Å². The van der Waals surface area contributed by atoms with Crippen LogP contribution in [-0.4, -0.2) is 23.0 Å². The lowest BCUT2D eigenvalue weighted by Gasteiger charge is -2.37. The third-order valence-corrected chi connectivity index (χ3v) is 3.88. The quantitative estimate of drug-likeness (QED) is 0.279. The van der Waals surface area contributed by atoms with Crippen molar-refractivity contribution in [3.63, 3.8) is 0 Å². The number of allylic oxidation sites excluding steroid dienone is 2. The summed E-state index contributed by atoms with van der Waals surface area (Å²) in [6, 6.07) is 4.29. The van der Waals surface area contributed by atoms with E-state index < -0.39 is 19.9 Å². The Kier molecular flexibility index (Phi) is 4.03. The second-order valence-electron chi connectivity index (χ2n) is 4.61. The molecule has 0 fully saturated rings. The van der Waals surface area contributed by atoms with Gasteiger partial charge in [-0.2, -0.15) is 8.42 Å². The molecule has 0 saturated carbocycles. The van der Waals surface area contributed by atoms with Crippen LogP contribution in [0.3, 0.4) is 0 Å². The Balaban J connectivity index is 2.40. The first-order chi connectivity index (χ1) is 9.83. The number of aryl methyl sites for hydroxylation is 1. The van der Waals surface area contributed by atoms with Crippen molar-refractivity contribution in [2.75, 3.05) is 0 Å². The van der Waals surface area contributed by atoms with Gasteiger partial charge in [0.1, 0.15) is 12.7 Å². The highest BCUT2D eigenvalue weighted by Gasteiger charge is 2.25. The molecule has 8 heteroatoms. The third-order valence-electron chi connectivity index (χ3n) is 3.10. The molecule has 21 heavy (non-hydrogen) atoms. The maximum Gasteiger partial charge on any atom is 0.277 e. The molecule has 0 aromatic heterocycles. The van der Waals surface area contributed by atoms with E-state index in [4.69, 9.17) is 0 Å². The number of hydrogen-bond acceptors (Lipinski definition) is 5. The van der Waals surface area contributed by atoms with Crippen LogP contribution in [0.4, 0.5) is 5.69 Å². The Morgan fingerprint density at radius 2 is 2.00 bits per heavy atom. The van der Waals surface area contributed by atoms with E-state index in [-0.39, 0.29) is 17.2 Å². The molecule has 1 aromatic carbocycles. The first-order valence-electron chi connectivity index (χ1n) is 5.99. The number of quaternary nitrogens is 1. The zero-order chi connectivity index (χ0) is 15.6. The number of hydroxylamine groups is 3. The molecular formula is C13H12N2O5S. The van der Waals surface area contributed by atoms with Gasteiger partial charge in [0.25, 0.3) is 21.0 Å². The number of rotatable bonds is 3. The minimum Gasteiger partial charge on any atom is -0.621 e. The molecule has 0 spiro atoms. The Bertz CT molecular complexity index is 787. The van der Waals surface area contributed by atoms with Gasteiger partial charge in [-0.3, -0.25) is 14.8 Å². The van der Waals surface area contributed by atoms with Crippen molar-refractivity contribution in [2.45, 2.75) is 13.5 Å². The first-order valence-corrected chi connectivity index (χ1v) is 7.06. The van der Waals surface area contributed by atoms with E-state index in [2.05, 4.69) is 0 Å². The summed E-state index contributed by atoms with van der Waals surface area (Å²) in [5.74, 6) is 0. The predicted octanol–water partition coefficient (Wildman–Crippen LogP) is 1.81. The second-order valence-corrected chi connectivity index (χ2v) is 5.49. The Labute approximate surface area is 122 Å². The van der Waals surface area contributed by atoms with Gasteiger partial charge in [0, 0.05) is 23.3 Å². The van der Waals surface area contributed by atoms with Crippen molar-refractivity contribution in [3.8, 4) is 0 Å². The molecule has 2 rings (SSSR count). The average molecular weight is 308 g/mol.